The van der Waals surface area contributed by atoms with Crippen molar-refractivity contribution >= 4 is 23.2 Å². The number of hydrogen-bond donors (Lipinski definition) is 0. The van der Waals surface area contributed by atoms with Crippen molar-refractivity contribution in [2.75, 3.05) is 39.5 Å². The fraction of sp³-hybridized carbons (Fsp3) is 0.333. The molecule has 5 rings (SSSR count). The molecule has 2 aliphatic rings. The van der Waals surface area contributed by atoms with E-state index in [9.17, 15) is 9.59 Å². The van der Waals surface area contributed by atoms with Crippen LogP contribution in [0.3, 0.4) is 0 Å². The van der Waals surface area contributed by atoms with Gasteiger partial charge in [0.2, 0.25) is 0 Å². The maximum Gasteiger partial charge on any atom is 0.193 e. The third kappa shape index (κ3) is 6.29. The van der Waals surface area contributed by atoms with E-state index in [-0.39, 0.29) is 17.8 Å². The summed E-state index contributed by atoms with van der Waals surface area (Å²) < 4.78 is 17.3. The Hall–Kier alpha value is -3.74. The second-order valence-corrected chi connectivity index (χ2v) is 10.2. The van der Waals surface area contributed by atoms with Gasteiger partial charge in [0.15, 0.2) is 5.78 Å². The van der Waals surface area contributed by atoms with Crippen molar-refractivity contribution in [2.24, 2.45) is 0 Å². The Balaban J connectivity index is 1.44. The molecule has 1 aliphatic heterocycles. The Labute approximate surface area is 230 Å². The Morgan fingerprint density at radius 1 is 1.00 bits per heavy atom. The third-order valence-corrected chi connectivity index (χ3v) is 7.20. The highest BCUT2D eigenvalue weighted by Crippen LogP contribution is 2.44. The SMILES string of the molecule is CC(C)Oc1ccc2c(c1)C(C=O)CC(c1ccccc1)=C2C(=O)c1ccc(OCCN2CCOCC2)cc1. The van der Waals surface area contributed by atoms with E-state index in [0.717, 1.165) is 67.1 Å². The highest BCUT2D eigenvalue weighted by Gasteiger charge is 2.31. The monoisotopic (exact) mass is 525 g/mol. The summed E-state index contributed by atoms with van der Waals surface area (Å²) in [6, 6.07) is 22.9. The number of allylic oxidation sites excluding steroid dienone is 2. The molecule has 0 spiro atoms. The molecule has 39 heavy (non-hydrogen) atoms. The molecule has 3 aromatic carbocycles. The highest BCUT2D eigenvalue weighted by atomic mass is 16.5. The van der Waals surface area contributed by atoms with E-state index in [1.165, 1.54) is 0 Å². The van der Waals surface area contributed by atoms with Gasteiger partial charge in [-0.15, -0.1) is 0 Å². The van der Waals surface area contributed by atoms with Gasteiger partial charge >= 0.3 is 0 Å². The quantitative estimate of drug-likeness (QED) is 0.251. The molecule has 0 amide bonds. The van der Waals surface area contributed by atoms with Gasteiger partial charge in [0.25, 0.3) is 0 Å². The molecule has 202 valence electrons. The summed E-state index contributed by atoms with van der Waals surface area (Å²) in [7, 11) is 0. The van der Waals surface area contributed by atoms with Gasteiger partial charge in [-0.3, -0.25) is 9.69 Å². The van der Waals surface area contributed by atoms with E-state index in [1.807, 2.05) is 86.6 Å². The zero-order valence-corrected chi connectivity index (χ0v) is 22.6. The van der Waals surface area contributed by atoms with Crippen molar-refractivity contribution in [3.63, 3.8) is 0 Å². The Kier molecular flexibility index (Phi) is 8.54. The molecular weight excluding hydrogens is 490 g/mol. The van der Waals surface area contributed by atoms with Crippen molar-refractivity contribution in [3.05, 3.63) is 95.1 Å². The lowest BCUT2D eigenvalue weighted by Crippen LogP contribution is -2.38. The summed E-state index contributed by atoms with van der Waals surface area (Å²) in [5, 5.41) is 0. The average Bonchev–Trinajstić information content (AvgIpc) is 2.97. The van der Waals surface area contributed by atoms with Crippen molar-refractivity contribution < 1.29 is 23.8 Å². The molecule has 0 aromatic heterocycles. The number of hydrogen-bond acceptors (Lipinski definition) is 6. The fourth-order valence-corrected chi connectivity index (χ4v) is 5.26. The summed E-state index contributed by atoms with van der Waals surface area (Å²) >= 11 is 0. The van der Waals surface area contributed by atoms with Gasteiger partial charge in [-0.05, 0) is 78.9 Å². The Bertz CT molecular complexity index is 1320. The van der Waals surface area contributed by atoms with Gasteiger partial charge in [-0.2, -0.15) is 0 Å². The smallest absolute Gasteiger partial charge is 0.193 e. The van der Waals surface area contributed by atoms with Crippen LogP contribution in [0.25, 0.3) is 11.1 Å². The molecule has 6 nitrogen and oxygen atoms in total. The second-order valence-electron chi connectivity index (χ2n) is 10.2. The number of Topliss-reactive ketones (excluding diaryl/α,β-unsaturated/α-hetero) is 1. The largest absolute Gasteiger partial charge is 0.492 e. The molecule has 6 heteroatoms. The number of ether oxygens (including phenoxy) is 3. The zero-order valence-electron chi connectivity index (χ0n) is 22.6. The van der Waals surface area contributed by atoms with E-state index in [0.29, 0.717) is 29.9 Å². The maximum absolute atomic E-state index is 14.1. The number of morpholine rings is 1. The zero-order chi connectivity index (χ0) is 27.2. The van der Waals surface area contributed by atoms with E-state index < -0.39 is 0 Å². The number of carbonyl (C=O) groups is 2. The predicted molar refractivity (Wildman–Crippen MR) is 152 cm³/mol. The minimum absolute atomic E-state index is 0.00690. The number of nitrogens with zero attached hydrogens (tertiary/aromatic N) is 1. The molecule has 0 N–H and O–H groups in total. The van der Waals surface area contributed by atoms with E-state index in [1.54, 1.807) is 0 Å². The number of carbonyl (C=O) groups excluding carboxylic acids is 2. The Morgan fingerprint density at radius 2 is 1.72 bits per heavy atom. The number of aldehydes is 1. The van der Waals surface area contributed by atoms with E-state index >= 15 is 0 Å². The van der Waals surface area contributed by atoms with Crippen LogP contribution in [0.4, 0.5) is 0 Å². The minimum Gasteiger partial charge on any atom is -0.492 e. The van der Waals surface area contributed by atoms with Gasteiger partial charge < -0.3 is 19.0 Å². The van der Waals surface area contributed by atoms with Gasteiger partial charge in [0, 0.05) is 36.7 Å². The van der Waals surface area contributed by atoms with Crippen LogP contribution >= 0.6 is 0 Å². The molecule has 1 heterocycles. The van der Waals surface area contributed by atoms with Crippen LogP contribution in [-0.2, 0) is 9.53 Å². The lowest BCUT2D eigenvalue weighted by atomic mass is 9.75. The lowest BCUT2D eigenvalue weighted by molar-refractivity contribution is -0.109. The van der Waals surface area contributed by atoms with Crippen LogP contribution in [0, 0.1) is 0 Å². The summed E-state index contributed by atoms with van der Waals surface area (Å²) in [6.45, 7) is 8.73. The molecule has 0 radical (unpaired) electrons. The molecule has 0 bridgehead atoms. The molecule has 1 fully saturated rings. The maximum atomic E-state index is 14.1. The van der Waals surface area contributed by atoms with Crippen LogP contribution in [0.2, 0.25) is 0 Å². The first-order valence-electron chi connectivity index (χ1n) is 13.7. The van der Waals surface area contributed by atoms with Crippen LogP contribution in [-0.4, -0.2) is 62.5 Å². The highest BCUT2D eigenvalue weighted by molar-refractivity contribution is 6.35. The van der Waals surface area contributed by atoms with Crippen LogP contribution < -0.4 is 9.47 Å². The first kappa shape index (κ1) is 26.9. The van der Waals surface area contributed by atoms with Crippen molar-refractivity contribution in [1.82, 2.24) is 4.90 Å². The van der Waals surface area contributed by atoms with Crippen LogP contribution in [0.1, 0.15) is 53.2 Å². The Morgan fingerprint density at radius 3 is 2.41 bits per heavy atom. The summed E-state index contributed by atoms with van der Waals surface area (Å²) in [5.74, 6) is 1.00. The van der Waals surface area contributed by atoms with E-state index in [4.69, 9.17) is 14.2 Å². The second kappa shape index (κ2) is 12.4. The van der Waals surface area contributed by atoms with Gasteiger partial charge in [-0.25, -0.2) is 0 Å². The predicted octanol–water partition coefficient (Wildman–Crippen LogP) is 5.66. The summed E-state index contributed by atoms with van der Waals surface area (Å²) in [6.07, 6.45) is 1.44. The van der Waals surface area contributed by atoms with Crippen molar-refractivity contribution in [3.8, 4) is 11.5 Å². The van der Waals surface area contributed by atoms with Crippen molar-refractivity contribution in [2.45, 2.75) is 32.3 Å². The normalized spacial score (nSPS) is 17.6. The fourth-order valence-electron chi connectivity index (χ4n) is 5.26. The number of ketones is 1. The molecular formula is C33H35NO5. The molecule has 1 aliphatic carbocycles. The molecule has 1 atom stereocenters. The van der Waals surface area contributed by atoms with Crippen molar-refractivity contribution in [1.29, 1.82) is 0 Å². The van der Waals surface area contributed by atoms with Crippen LogP contribution in [0.15, 0.2) is 72.8 Å². The number of fused-ring (bicyclic) bond motifs is 1. The van der Waals surface area contributed by atoms with Crippen LogP contribution in [0.5, 0.6) is 11.5 Å². The lowest BCUT2D eigenvalue weighted by Gasteiger charge is -2.28. The number of benzene rings is 3. The minimum atomic E-state index is -0.357. The molecule has 3 aromatic rings. The third-order valence-electron chi connectivity index (χ3n) is 7.20. The summed E-state index contributed by atoms with van der Waals surface area (Å²) in [5.41, 5.74) is 4.65. The summed E-state index contributed by atoms with van der Waals surface area (Å²) in [4.78, 5) is 28.7. The molecule has 1 unspecified atom stereocenters. The van der Waals surface area contributed by atoms with Gasteiger partial charge in [0.1, 0.15) is 24.4 Å². The topological polar surface area (TPSA) is 65.1 Å². The molecule has 0 saturated carbocycles. The van der Waals surface area contributed by atoms with Gasteiger partial charge in [-0.1, -0.05) is 36.4 Å². The molecule has 1 saturated heterocycles. The average molecular weight is 526 g/mol. The van der Waals surface area contributed by atoms with E-state index in [2.05, 4.69) is 4.90 Å². The van der Waals surface area contributed by atoms with Gasteiger partial charge in [0.05, 0.1) is 19.3 Å². The first-order valence-corrected chi connectivity index (χ1v) is 13.7. The first-order chi connectivity index (χ1) is 19.0. The standard InChI is InChI=1S/C33H35NO5/c1-23(2)39-28-12-13-29-30(21-28)26(22-35)20-31(24-6-4-3-5-7-24)32(29)33(36)25-8-10-27(11-9-25)38-19-16-34-14-17-37-18-15-34/h3-13,21-23,26H,14-20H2,1-2H3. The number of rotatable bonds is 10.